The van der Waals surface area contributed by atoms with E-state index in [2.05, 4.69) is 27.0 Å². The fourth-order valence-corrected chi connectivity index (χ4v) is 7.11. The van der Waals surface area contributed by atoms with E-state index in [-0.39, 0.29) is 25.3 Å². The van der Waals surface area contributed by atoms with Gasteiger partial charge in [0, 0.05) is 61.4 Å². The van der Waals surface area contributed by atoms with Gasteiger partial charge in [0.1, 0.15) is 11.7 Å². The summed E-state index contributed by atoms with van der Waals surface area (Å²) >= 11 is 15.0. The second-order valence-electron chi connectivity index (χ2n) is 10.9. The number of methoxy groups -OCH3 is 1. The number of benzene rings is 2. The number of imidazole rings is 1. The van der Waals surface area contributed by atoms with Crippen LogP contribution in [0.25, 0.3) is 22.0 Å². The van der Waals surface area contributed by atoms with Crippen molar-refractivity contribution in [2.24, 2.45) is 0 Å². The maximum atomic E-state index is 14.0. The van der Waals surface area contributed by atoms with Crippen molar-refractivity contribution in [3.05, 3.63) is 81.4 Å². The van der Waals surface area contributed by atoms with Crippen LogP contribution in [-0.4, -0.2) is 67.7 Å². The van der Waals surface area contributed by atoms with Gasteiger partial charge in [0.2, 0.25) is 5.13 Å². The number of likely N-dealkylation sites (tertiary alicyclic amines) is 1. The van der Waals surface area contributed by atoms with Gasteiger partial charge in [0.25, 0.3) is 5.91 Å². The summed E-state index contributed by atoms with van der Waals surface area (Å²) in [5, 5.41) is 9.80. The quantitative estimate of drug-likeness (QED) is 0.213. The van der Waals surface area contributed by atoms with E-state index in [1.165, 1.54) is 26.7 Å². The predicted molar refractivity (Wildman–Crippen MR) is 165 cm³/mol. The lowest BCUT2D eigenvalue weighted by atomic mass is 10.0. The molecule has 2 atom stereocenters. The van der Waals surface area contributed by atoms with Gasteiger partial charge in [-0.3, -0.25) is 9.69 Å². The van der Waals surface area contributed by atoms with Gasteiger partial charge >= 0.3 is 0 Å². The van der Waals surface area contributed by atoms with Crippen molar-refractivity contribution in [1.29, 1.82) is 0 Å². The van der Waals surface area contributed by atoms with Crippen LogP contribution in [-0.2, 0) is 35.5 Å². The first-order chi connectivity index (χ1) is 20.9. The summed E-state index contributed by atoms with van der Waals surface area (Å²) < 4.78 is 21.2. The number of aromatic nitrogens is 5. The maximum absolute atomic E-state index is 14.0. The highest BCUT2D eigenvalue weighted by atomic mass is 35.5. The van der Waals surface area contributed by atoms with Gasteiger partial charge in [-0.25, -0.2) is 14.4 Å². The Balaban J connectivity index is 1.18. The molecule has 0 aliphatic carbocycles. The Bertz CT molecular complexity index is 1790. The van der Waals surface area contributed by atoms with Crippen molar-refractivity contribution in [2.45, 2.75) is 44.6 Å². The molecular weight excluding hydrogens is 612 g/mol. The van der Waals surface area contributed by atoms with E-state index in [0.717, 1.165) is 42.9 Å². The van der Waals surface area contributed by atoms with Gasteiger partial charge in [-0.2, -0.15) is 9.80 Å². The van der Waals surface area contributed by atoms with Crippen LogP contribution in [0, 0.1) is 0 Å². The first kappa shape index (κ1) is 28.4. The number of fused-ring (bicyclic) bond motifs is 2. The first-order valence-corrected chi connectivity index (χ1v) is 15.6. The molecule has 3 aromatic heterocycles. The highest BCUT2D eigenvalue weighted by Gasteiger charge is 2.29. The Kier molecular flexibility index (Phi) is 7.68. The summed E-state index contributed by atoms with van der Waals surface area (Å²) in [6.07, 6.45) is 5.46. The van der Waals surface area contributed by atoms with Crippen molar-refractivity contribution in [2.75, 3.05) is 25.2 Å². The van der Waals surface area contributed by atoms with E-state index in [1.807, 2.05) is 18.2 Å². The van der Waals surface area contributed by atoms with Crippen molar-refractivity contribution < 1.29 is 13.9 Å². The Hall–Kier alpha value is -3.35. The molecule has 2 aromatic carbocycles. The molecule has 7 rings (SSSR count). The molecule has 0 N–H and O–H groups in total. The molecule has 5 aromatic rings. The summed E-state index contributed by atoms with van der Waals surface area (Å²) in [5.41, 5.74) is 4.62. The number of hydrogen-bond donors (Lipinski definition) is 0. The standard InChI is InChI=1S/C30H28Cl2FN7O2S/c1-42-21-6-8-37(15-21)13-18-2-4-19(5-3-18)22-11-24(31)23-16-39(36-29(23)28(22)32)40(30-34-7-9-43-30)27(41)12-25-26-10-20(33)14-38(26)17-35-25/h2-5,7,9,11,16-17,20-21H,6,8,10,12-15H2,1H3/t20-,21?/m1/s1. The Morgan fingerprint density at radius 1 is 1.21 bits per heavy atom. The van der Waals surface area contributed by atoms with Gasteiger partial charge < -0.3 is 9.30 Å². The van der Waals surface area contributed by atoms with Crippen LogP contribution in [0.4, 0.5) is 9.52 Å². The molecule has 5 heterocycles. The molecule has 222 valence electrons. The van der Waals surface area contributed by atoms with E-state index in [1.54, 1.807) is 35.8 Å². The zero-order valence-corrected chi connectivity index (χ0v) is 25.6. The number of halogens is 3. The van der Waals surface area contributed by atoms with Crippen LogP contribution >= 0.6 is 34.5 Å². The molecule has 1 amide bonds. The molecule has 0 radical (unpaired) electrons. The number of nitrogens with zero attached hydrogens (tertiary/aromatic N) is 7. The average molecular weight is 641 g/mol. The molecule has 1 saturated heterocycles. The normalized spacial score (nSPS) is 18.5. The smallest absolute Gasteiger partial charge is 0.255 e. The second kappa shape index (κ2) is 11.6. The molecule has 13 heteroatoms. The zero-order chi connectivity index (χ0) is 29.7. The predicted octanol–water partition coefficient (Wildman–Crippen LogP) is 5.82. The van der Waals surface area contributed by atoms with Crippen LogP contribution in [0.3, 0.4) is 0 Å². The van der Waals surface area contributed by atoms with Crippen LogP contribution in [0.1, 0.15) is 23.4 Å². The minimum atomic E-state index is -0.971. The first-order valence-electron chi connectivity index (χ1n) is 14.0. The zero-order valence-electron chi connectivity index (χ0n) is 23.3. The lowest BCUT2D eigenvalue weighted by molar-refractivity contribution is -0.118. The number of rotatable bonds is 8. The van der Waals surface area contributed by atoms with Crippen molar-refractivity contribution in [1.82, 2.24) is 29.3 Å². The molecule has 0 spiro atoms. The molecule has 1 fully saturated rings. The van der Waals surface area contributed by atoms with E-state index >= 15 is 0 Å². The molecule has 2 aliphatic heterocycles. The molecule has 1 unspecified atom stereocenters. The van der Waals surface area contributed by atoms with Crippen LogP contribution < -0.4 is 5.01 Å². The highest BCUT2D eigenvalue weighted by molar-refractivity contribution is 7.13. The number of carbonyl (C=O) groups is 1. The molecular formula is C30H28Cl2FN7O2S. The minimum absolute atomic E-state index is 0.0343. The number of anilines is 1. The fourth-order valence-electron chi connectivity index (χ4n) is 5.91. The molecule has 0 bridgehead atoms. The minimum Gasteiger partial charge on any atom is -0.380 e. The highest BCUT2D eigenvalue weighted by Crippen LogP contribution is 2.39. The largest absolute Gasteiger partial charge is 0.380 e. The number of hydrogen-bond acceptors (Lipinski definition) is 7. The third-order valence-corrected chi connectivity index (χ3v) is 9.55. The Morgan fingerprint density at radius 2 is 2.05 bits per heavy atom. The maximum Gasteiger partial charge on any atom is 0.255 e. The summed E-state index contributed by atoms with van der Waals surface area (Å²) in [5.74, 6) is -0.315. The number of carbonyl (C=O) groups excluding carboxylic acids is 1. The SMILES string of the molecule is COC1CCN(Cc2ccc(-c3cc(Cl)c4cn(N(C(=O)Cc5ncn6c5C[C@@H](F)C6)c5nccs5)nc4c3Cl)cc2)C1. The summed E-state index contributed by atoms with van der Waals surface area (Å²) in [6, 6.07) is 10.1. The lowest BCUT2D eigenvalue weighted by Crippen LogP contribution is -2.37. The van der Waals surface area contributed by atoms with E-state index in [4.69, 9.17) is 33.0 Å². The molecule has 0 saturated carbocycles. The van der Waals surface area contributed by atoms with Crippen molar-refractivity contribution in [3.63, 3.8) is 0 Å². The monoisotopic (exact) mass is 639 g/mol. The van der Waals surface area contributed by atoms with Gasteiger partial charge in [0.05, 0.1) is 47.3 Å². The average Bonchev–Trinajstić information content (AvgIpc) is 3.83. The number of amides is 1. The van der Waals surface area contributed by atoms with Crippen molar-refractivity contribution >= 4 is 56.5 Å². The van der Waals surface area contributed by atoms with Crippen LogP contribution in [0.15, 0.2) is 54.4 Å². The van der Waals surface area contributed by atoms with Crippen LogP contribution in [0.5, 0.6) is 0 Å². The Labute approximate surface area is 261 Å². The number of thiazole rings is 1. The number of alkyl halides is 1. The summed E-state index contributed by atoms with van der Waals surface area (Å²) in [7, 11) is 1.77. The van der Waals surface area contributed by atoms with Crippen molar-refractivity contribution in [3.8, 4) is 11.1 Å². The van der Waals surface area contributed by atoms with E-state index < -0.39 is 6.17 Å². The van der Waals surface area contributed by atoms with E-state index in [9.17, 15) is 9.18 Å². The lowest BCUT2D eigenvalue weighted by Gasteiger charge is -2.19. The topological polar surface area (TPSA) is 81.3 Å². The van der Waals surface area contributed by atoms with Gasteiger partial charge in [-0.1, -0.05) is 47.5 Å². The van der Waals surface area contributed by atoms with Gasteiger partial charge in [0.15, 0.2) is 0 Å². The molecule has 43 heavy (non-hydrogen) atoms. The fraction of sp³-hybridized carbons (Fsp3) is 0.333. The van der Waals surface area contributed by atoms with E-state index in [0.29, 0.717) is 37.9 Å². The number of ether oxygens (including phenoxy) is 1. The van der Waals surface area contributed by atoms with Crippen LogP contribution in [0.2, 0.25) is 10.0 Å². The summed E-state index contributed by atoms with van der Waals surface area (Å²) in [6.45, 7) is 3.06. The molecule has 9 nitrogen and oxygen atoms in total. The third-order valence-electron chi connectivity index (χ3n) is 8.11. The third kappa shape index (κ3) is 5.44. The van der Waals surface area contributed by atoms with Gasteiger partial charge in [-0.05, 0) is 23.6 Å². The second-order valence-corrected chi connectivity index (χ2v) is 12.6. The summed E-state index contributed by atoms with van der Waals surface area (Å²) in [4.78, 5) is 26.3. The Morgan fingerprint density at radius 3 is 2.79 bits per heavy atom. The molecule has 2 aliphatic rings. The van der Waals surface area contributed by atoms with Gasteiger partial charge in [-0.15, -0.1) is 16.4 Å².